The quantitative estimate of drug-likeness (QED) is 0.854. The number of nitrogens with one attached hydrogen (secondary N) is 1. The van der Waals surface area contributed by atoms with E-state index in [-0.39, 0.29) is 0 Å². The van der Waals surface area contributed by atoms with Crippen LogP contribution in [0.4, 0.5) is 0 Å². The molecule has 1 aromatic carbocycles. The van der Waals surface area contributed by atoms with Crippen molar-refractivity contribution in [3.05, 3.63) is 35.6 Å². The molecule has 0 saturated carbocycles. The fourth-order valence-corrected chi connectivity index (χ4v) is 2.84. The first-order chi connectivity index (χ1) is 8.38. The van der Waals surface area contributed by atoms with Gasteiger partial charge in [0.05, 0.1) is 0 Å². The van der Waals surface area contributed by atoms with Gasteiger partial charge in [0, 0.05) is 23.4 Å². The number of para-hydroxylation sites is 1. The molecule has 2 heterocycles. The van der Waals surface area contributed by atoms with Gasteiger partial charge in [0.2, 0.25) is 0 Å². The van der Waals surface area contributed by atoms with Crippen LogP contribution in [0, 0.1) is 0 Å². The monoisotopic (exact) mass is 229 g/mol. The zero-order valence-corrected chi connectivity index (χ0v) is 10.3. The van der Waals surface area contributed by atoms with E-state index in [1.807, 2.05) is 6.07 Å². The molecule has 0 bridgehead atoms. The third kappa shape index (κ3) is 1.98. The van der Waals surface area contributed by atoms with E-state index < -0.39 is 0 Å². The lowest BCUT2D eigenvalue weighted by Gasteiger charge is -2.13. The average Bonchev–Trinajstić information content (AvgIpc) is 2.55. The first-order valence-corrected chi connectivity index (χ1v) is 6.61. The summed E-state index contributed by atoms with van der Waals surface area (Å²) in [4.78, 5) is 0. The fraction of sp³-hybridized carbons (Fsp3) is 0.467. The third-order valence-corrected chi connectivity index (χ3v) is 3.66. The SMILES string of the molecule is CCCC1Cc2oc3ccccc3c2CCN1. The summed E-state index contributed by atoms with van der Waals surface area (Å²) in [5, 5.41) is 4.93. The maximum Gasteiger partial charge on any atom is 0.134 e. The number of fused-ring (bicyclic) bond motifs is 3. The molecule has 90 valence electrons. The largest absolute Gasteiger partial charge is 0.461 e. The summed E-state index contributed by atoms with van der Waals surface area (Å²) in [6.07, 6.45) is 4.59. The molecule has 1 atom stereocenters. The van der Waals surface area contributed by atoms with Crippen LogP contribution in [0.2, 0.25) is 0 Å². The van der Waals surface area contributed by atoms with E-state index in [1.54, 1.807) is 0 Å². The second-order valence-corrected chi connectivity index (χ2v) is 4.89. The van der Waals surface area contributed by atoms with Crippen LogP contribution >= 0.6 is 0 Å². The van der Waals surface area contributed by atoms with E-state index in [2.05, 4.69) is 30.4 Å². The molecule has 1 unspecified atom stereocenters. The highest BCUT2D eigenvalue weighted by Gasteiger charge is 2.20. The van der Waals surface area contributed by atoms with Gasteiger partial charge in [-0.15, -0.1) is 0 Å². The summed E-state index contributed by atoms with van der Waals surface area (Å²) in [5.41, 5.74) is 2.47. The Hall–Kier alpha value is -1.28. The number of benzene rings is 1. The van der Waals surface area contributed by atoms with E-state index >= 15 is 0 Å². The van der Waals surface area contributed by atoms with Crippen molar-refractivity contribution in [3.8, 4) is 0 Å². The van der Waals surface area contributed by atoms with Gasteiger partial charge >= 0.3 is 0 Å². The highest BCUT2D eigenvalue weighted by atomic mass is 16.3. The molecule has 2 aromatic rings. The Morgan fingerprint density at radius 3 is 3.12 bits per heavy atom. The zero-order valence-electron chi connectivity index (χ0n) is 10.3. The number of rotatable bonds is 2. The van der Waals surface area contributed by atoms with Crippen molar-refractivity contribution in [2.75, 3.05) is 6.54 Å². The van der Waals surface area contributed by atoms with Gasteiger partial charge in [0.25, 0.3) is 0 Å². The van der Waals surface area contributed by atoms with E-state index in [1.165, 1.54) is 29.6 Å². The molecule has 0 spiro atoms. The van der Waals surface area contributed by atoms with Crippen molar-refractivity contribution < 1.29 is 4.42 Å². The first kappa shape index (κ1) is 10.8. The van der Waals surface area contributed by atoms with Crippen molar-refractivity contribution in [1.29, 1.82) is 0 Å². The van der Waals surface area contributed by atoms with Crippen molar-refractivity contribution in [2.24, 2.45) is 0 Å². The zero-order chi connectivity index (χ0) is 11.7. The van der Waals surface area contributed by atoms with Gasteiger partial charge in [-0.1, -0.05) is 31.5 Å². The van der Waals surface area contributed by atoms with Crippen LogP contribution < -0.4 is 5.32 Å². The van der Waals surface area contributed by atoms with E-state index in [4.69, 9.17) is 4.42 Å². The molecule has 0 fully saturated rings. The lowest BCUT2D eigenvalue weighted by molar-refractivity contribution is 0.449. The molecule has 17 heavy (non-hydrogen) atoms. The van der Waals surface area contributed by atoms with Gasteiger partial charge in [-0.2, -0.15) is 0 Å². The fourth-order valence-electron chi connectivity index (χ4n) is 2.84. The highest BCUT2D eigenvalue weighted by Crippen LogP contribution is 2.28. The lowest BCUT2D eigenvalue weighted by Crippen LogP contribution is -2.30. The van der Waals surface area contributed by atoms with Crippen molar-refractivity contribution in [3.63, 3.8) is 0 Å². The first-order valence-electron chi connectivity index (χ1n) is 6.61. The van der Waals surface area contributed by atoms with Crippen molar-refractivity contribution >= 4 is 11.0 Å². The van der Waals surface area contributed by atoms with Crippen LogP contribution in [-0.4, -0.2) is 12.6 Å². The smallest absolute Gasteiger partial charge is 0.134 e. The van der Waals surface area contributed by atoms with Crippen LogP contribution in [0.3, 0.4) is 0 Å². The van der Waals surface area contributed by atoms with E-state index in [0.717, 1.165) is 25.0 Å². The predicted octanol–water partition coefficient (Wildman–Crippen LogP) is 3.29. The lowest BCUT2D eigenvalue weighted by atomic mass is 10.0. The van der Waals surface area contributed by atoms with Crippen LogP contribution in [0.5, 0.6) is 0 Å². The predicted molar refractivity (Wildman–Crippen MR) is 70.3 cm³/mol. The second-order valence-electron chi connectivity index (χ2n) is 4.89. The Balaban J connectivity index is 2.00. The molecule has 3 rings (SSSR count). The maximum atomic E-state index is 6.01. The molecular weight excluding hydrogens is 210 g/mol. The molecule has 1 aliphatic rings. The van der Waals surface area contributed by atoms with Gasteiger partial charge in [-0.05, 0) is 25.5 Å². The topological polar surface area (TPSA) is 25.2 Å². The second kappa shape index (κ2) is 4.53. The summed E-state index contributed by atoms with van der Waals surface area (Å²) in [6.45, 7) is 3.31. The Morgan fingerprint density at radius 1 is 1.35 bits per heavy atom. The molecular formula is C15H19NO. The normalized spacial score (nSPS) is 20.2. The number of hydrogen-bond donors (Lipinski definition) is 1. The molecule has 1 aliphatic heterocycles. The summed E-state index contributed by atoms with van der Waals surface area (Å²) in [7, 11) is 0. The molecule has 1 aromatic heterocycles. The minimum absolute atomic E-state index is 0.585. The maximum absolute atomic E-state index is 6.01. The molecule has 2 nitrogen and oxygen atoms in total. The van der Waals surface area contributed by atoms with Crippen molar-refractivity contribution in [1.82, 2.24) is 5.32 Å². The van der Waals surface area contributed by atoms with Crippen molar-refractivity contribution in [2.45, 2.75) is 38.6 Å². The van der Waals surface area contributed by atoms with Gasteiger partial charge in [0.15, 0.2) is 0 Å². The summed E-state index contributed by atoms with van der Waals surface area (Å²) in [6, 6.07) is 8.98. The number of furan rings is 1. The Bertz CT molecular complexity index is 515. The third-order valence-electron chi connectivity index (χ3n) is 3.66. The minimum atomic E-state index is 0.585. The van der Waals surface area contributed by atoms with Gasteiger partial charge in [-0.25, -0.2) is 0 Å². The minimum Gasteiger partial charge on any atom is -0.461 e. The highest BCUT2D eigenvalue weighted by molar-refractivity contribution is 5.82. The Kier molecular flexibility index (Phi) is 2.89. The molecule has 2 heteroatoms. The van der Waals surface area contributed by atoms with E-state index in [9.17, 15) is 0 Å². The molecule has 0 amide bonds. The van der Waals surface area contributed by atoms with Crippen LogP contribution in [0.1, 0.15) is 31.1 Å². The standard InChI is InChI=1S/C15H19NO/c1-2-5-11-10-15-13(8-9-16-11)12-6-3-4-7-14(12)17-15/h3-4,6-7,11,16H,2,5,8-10H2,1H3. The molecule has 0 aliphatic carbocycles. The van der Waals surface area contributed by atoms with Crippen LogP contribution in [0.25, 0.3) is 11.0 Å². The van der Waals surface area contributed by atoms with Gasteiger partial charge in [-0.3, -0.25) is 0 Å². The Labute approximate surface area is 102 Å². The molecule has 0 saturated heterocycles. The average molecular weight is 229 g/mol. The van der Waals surface area contributed by atoms with Gasteiger partial charge in [0.1, 0.15) is 11.3 Å². The van der Waals surface area contributed by atoms with Gasteiger partial charge < -0.3 is 9.73 Å². The summed E-state index contributed by atoms with van der Waals surface area (Å²) < 4.78 is 6.01. The Morgan fingerprint density at radius 2 is 2.24 bits per heavy atom. The van der Waals surface area contributed by atoms with Crippen LogP contribution in [-0.2, 0) is 12.8 Å². The molecule has 0 radical (unpaired) electrons. The molecule has 1 N–H and O–H groups in total. The summed E-state index contributed by atoms with van der Waals surface area (Å²) >= 11 is 0. The number of hydrogen-bond acceptors (Lipinski definition) is 2. The van der Waals surface area contributed by atoms with E-state index in [0.29, 0.717) is 6.04 Å². The summed E-state index contributed by atoms with van der Waals surface area (Å²) in [5.74, 6) is 1.20. The van der Waals surface area contributed by atoms with Crippen LogP contribution in [0.15, 0.2) is 28.7 Å².